The lowest BCUT2D eigenvalue weighted by atomic mass is 10.1. The lowest BCUT2D eigenvalue weighted by molar-refractivity contribution is -0.120. The van der Waals surface area contributed by atoms with Crippen LogP contribution in [0, 0.1) is 0 Å². The molecule has 0 aliphatic rings. The first-order chi connectivity index (χ1) is 10.1. The number of imidazole rings is 1. The SMILES string of the molecule is CNC(=O)CCc1ccccc1NC(=O)c1cncn1C. The van der Waals surface area contributed by atoms with Crippen molar-refractivity contribution >= 4 is 17.5 Å². The highest BCUT2D eigenvalue weighted by atomic mass is 16.2. The van der Waals surface area contributed by atoms with Gasteiger partial charge in [0.25, 0.3) is 5.91 Å². The first-order valence-corrected chi connectivity index (χ1v) is 6.68. The van der Waals surface area contributed by atoms with Gasteiger partial charge in [-0.2, -0.15) is 0 Å². The maximum atomic E-state index is 12.2. The number of hydrogen-bond donors (Lipinski definition) is 2. The molecule has 0 saturated heterocycles. The fraction of sp³-hybridized carbons (Fsp3) is 0.267. The standard InChI is InChI=1S/C15H18N4O2/c1-16-14(20)8-7-11-5-3-4-6-12(11)18-15(21)13-9-17-10-19(13)2/h3-6,9-10H,7-8H2,1-2H3,(H,16,20)(H,18,21). The van der Waals surface area contributed by atoms with Crippen molar-refractivity contribution in [1.29, 1.82) is 0 Å². The van der Waals surface area contributed by atoms with E-state index in [0.29, 0.717) is 24.2 Å². The highest BCUT2D eigenvalue weighted by molar-refractivity contribution is 6.03. The van der Waals surface area contributed by atoms with E-state index in [1.54, 1.807) is 25.0 Å². The van der Waals surface area contributed by atoms with E-state index < -0.39 is 0 Å². The molecule has 6 nitrogen and oxygen atoms in total. The Balaban J connectivity index is 2.11. The van der Waals surface area contributed by atoms with E-state index in [4.69, 9.17) is 0 Å². The fourth-order valence-electron chi connectivity index (χ4n) is 2.00. The number of carbonyl (C=O) groups is 2. The van der Waals surface area contributed by atoms with Crippen LogP contribution in [0.15, 0.2) is 36.8 Å². The summed E-state index contributed by atoms with van der Waals surface area (Å²) < 4.78 is 1.66. The number of aromatic nitrogens is 2. The summed E-state index contributed by atoms with van der Waals surface area (Å²) in [6, 6.07) is 7.47. The molecule has 21 heavy (non-hydrogen) atoms. The normalized spacial score (nSPS) is 10.2. The van der Waals surface area contributed by atoms with Gasteiger partial charge in [-0.05, 0) is 18.1 Å². The molecule has 0 unspecified atom stereocenters. The van der Waals surface area contributed by atoms with Gasteiger partial charge in [-0.1, -0.05) is 18.2 Å². The minimum atomic E-state index is -0.220. The Bertz CT molecular complexity index is 649. The Labute approximate surface area is 123 Å². The lowest BCUT2D eigenvalue weighted by Gasteiger charge is -2.11. The van der Waals surface area contributed by atoms with Gasteiger partial charge < -0.3 is 15.2 Å². The van der Waals surface area contributed by atoms with Crippen LogP contribution >= 0.6 is 0 Å². The molecule has 110 valence electrons. The van der Waals surface area contributed by atoms with Crippen molar-refractivity contribution in [3.63, 3.8) is 0 Å². The van der Waals surface area contributed by atoms with E-state index in [1.165, 1.54) is 6.20 Å². The van der Waals surface area contributed by atoms with Crippen molar-refractivity contribution < 1.29 is 9.59 Å². The van der Waals surface area contributed by atoms with Crippen LogP contribution in [0.5, 0.6) is 0 Å². The zero-order chi connectivity index (χ0) is 15.2. The number of carbonyl (C=O) groups excluding carboxylic acids is 2. The van der Waals surface area contributed by atoms with E-state index in [9.17, 15) is 9.59 Å². The molecule has 2 amide bonds. The average molecular weight is 286 g/mol. The number of rotatable bonds is 5. The van der Waals surface area contributed by atoms with E-state index in [-0.39, 0.29) is 11.8 Å². The van der Waals surface area contributed by atoms with Gasteiger partial charge in [0.15, 0.2) is 0 Å². The number of para-hydroxylation sites is 1. The van der Waals surface area contributed by atoms with Gasteiger partial charge in [0.2, 0.25) is 5.91 Å². The molecule has 0 fully saturated rings. The Morgan fingerprint density at radius 2 is 2.05 bits per heavy atom. The summed E-state index contributed by atoms with van der Waals surface area (Å²) in [6.07, 6.45) is 4.05. The Hall–Kier alpha value is -2.63. The zero-order valence-electron chi connectivity index (χ0n) is 12.1. The molecule has 0 aliphatic heterocycles. The minimum absolute atomic E-state index is 0.0252. The zero-order valence-corrected chi connectivity index (χ0v) is 12.1. The minimum Gasteiger partial charge on any atom is -0.359 e. The van der Waals surface area contributed by atoms with Crippen LogP contribution in [-0.4, -0.2) is 28.4 Å². The summed E-state index contributed by atoms with van der Waals surface area (Å²) in [5.41, 5.74) is 2.13. The third kappa shape index (κ3) is 3.68. The number of anilines is 1. The highest BCUT2D eigenvalue weighted by Gasteiger charge is 2.12. The largest absolute Gasteiger partial charge is 0.359 e. The Kier molecular flexibility index (Phi) is 4.71. The summed E-state index contributed by atoms with van der Waals surface area (Å²) in [5, 5.41) is 5.45. The number of hydrogen-bond acceptors (Lipinski definition) is 3. The first-order valence-electron chi connectivity index (χ1n) is 6.68. The molecule has 0 radical (unpaired) electrons. The van der Waals surface area contributed by atoms with Crippen LogP contribution < -0.4 is 10.6 Å². The first kappa shape index (κ1) is 14.8. The van der Waals surface area contributed by atoms with E-state index in [1.807, 2.05) is 24.3 Å². The summed E-state index contributed by atoms with van der Waals surface area (Å²) in [5.74, 6) is -0.245. The number of nitrogens with zero attached hydrogens (tertiary/aromatic N) is 2. The van der Waals surface area contributed by atoms with Crippen molar-refractivity contribution in [1.82, 2.24) is 14.9 Å². The topological polar surface area (TPSA) is 76.0 Å². The number of aryl methyl sites for hydroxylation is 2. The number of amides is 2. The van der Waals surface area contributed by atoms with E-state index in [2.05, 4.69) is 15.6 Å². The quantitative estimate of drug-likeness (QED) is 0.871. The average Bonchev–Trinajstić information content (AvgIpc) is 2.92. The third-order valence-electron chi connectivity index (χ3n) is 3.22. The van der Waals surface area contributed by atoms with Gasteiger partial charge in [-0.3, -0.25) is 9.59 Å². The van der Waals surface area contributed by atoms with Gasteiger partial charge in [0.05, 0.1) is 12.5 Å². The van der Waals surface area contributed by atoms with Crippen LogP contribution in [0.1, 0.15) is 22.5 Å². The molecule has 0 aliphatic carbocycles. The molecule has 1 aromatic carbocycles. The number of nitrogens with one attached hydrogen (secondary N) is 2. The molecule has 1 aromatic heterocycles. The monoisotopic (exact) mass is 286 g/mol. The molecule has 0 saturated carbocycles. The van der Waals surface area contributed by atoms with Crippen LogP contribution in [0.3, 0.4) is 0 Å². The van der Waals surface area contributed by atoms with Crippen LogP contribution in [0.4, 0.5) is 5.69 Å². The smallest absolute Gasteiger partial charge is 0.273 e. The van der Waals surface area contributed by atoms with E-state index in [0.717, 1.165) is 5.56 Å². The second kappa shape index (κ2) is 6.69. The molecular formula is C15H18N4O2. The van der Waals surface area contributed by atoms with Crippen molar-refractivity contribution in [3.8, 4) is 0 Å². The molecule has 0 bridgehead atoms. The van der Waals surface area contributed by atoms with Gasteiger partial charge in [-0.25, -0.2) is 4.98 Å². The van der Waals surface area contributed by atoms with Crippen LogP contribution in [0.25, 0.3) is 0 Å². The molecule has 0 atom stereocenters. The van der Waals surface area contributed by atoms with Crippen LogP contribution in [-0.2, 0) is 18.3 Å². The maximum absolute atomic E-state index is 12.2. The predicted molar refractivity (Wildman–Crippen MR) is 80.0 cm³/mol. The molecule has 1 heterocycles. The highest BCUT2D eigenvalue weighted by Crippen LogP contribution is 2.17. The van der Waals surface area contributed by atoms with Gasteiger partial charge in [0, 0.05) is 26.2 Å². The summed E-state index contributed by atoms with van der Waals surface area (Å²) >= 11 is 0. The second-order valence-electron chi connectivity index (χ2n) is 4.67. The summed E-state index contributed by atoms with van der Waals surface area (Å²) in [4.78, 5) is 27.5. The fourth-order valence-corrected chi connectivity index (χ4v) is 2.00. The van der Waals surface area contributed by atoms with Gasteiger partial charge in [0.1, 0.15) is 5.69 Å². The molecule has 2 rings (SSSR count). The molecule has 2 N–H and O–H groups in total. The summed E-state index contributed by atoms with van der Waals surface area (Å²) in [6.45, 7) is 0. The lowest BCUT2D eigenvalue weighted by Crippen LogP contribution is -2.19. The van der Waals surface area contributed by atoms with Crippen molar-refractivity contribution in [3.05, 3.63) is 48.0 Å². The van der Waals surface area contributed by atoms with Crippen molar-refractivity contribution in [2.24, 2.45) is 7.05 Å². The van der Waals surface area contributed by atoms with Gasteiger partial charge >= 0.3 is 0 Å². The Morgan fingerprint density at radius 3 is 2.71 bits per heavy atom. The predicted octanol–water partition coefficient (Wildman–Crippen LogP) is 1.35. The maximum Gasteiger partial charge on any atom is 0.273 e. The number of benzene rings is 1. The molecule has 2 aromatic rings. The molecule has 6 heteroatoms. The van der Waals surface area contributed by atoms with Gasteiger partial charge in [-0.15, -0.1) is 0 Å². The van der Waals surface area contributed by atoms with Crippen molar-refractivity contribution in [2.75, 3.05) is 12.4 Å². The molecule has 0 spiro atoms. The second-order valence-corrected chi connectivity index (χ2v) is 4.67. The summed E-state index contributed by atoms with van der Waals surface area (Å²) in [7, 11) is 3.37. The van der Waals surface area contributed by atoms with Crippen LogP contribution in [0.2, 0.25) is 0 Å². The molecular weight excluding hydrogens is 268 g/mol. The third-order valence-corrected chi connectivity index (χ3v) is 3.22. The van der Waals surface area contributed by atoms with E-state index >= 15 is 0 Å². The Morgan fingerprint density at radius 1 is 1.29 bits per heavy atom. The van der Waals surface area contributed by atoms with Crippen molar-refractivity contribution in [2.45, 2.75) is 12.8 Å².